The molecule has 0 aliphatic carbocycles. The second kappa shape index (κ2) is 19.9. The van der Waals surface area contributed by atoms with Crippen LogP contribution in [0.15, 0.2) is 158 Å². The molecule has 0 fully saturated rings. The quantitative estimate of drug-likeness (QED) is 0.128. The smallest absolute Gasteiger partial charge is 0.509 e. The van der Waals surface area contributed by atoms with Gasteiger partial charge in [-0.15, -0.1) is 53.8 Å². The molecule has 0 atom stereocenters. The number of hydrogen-bond acceptors (Lipinski definition) is 4. The van der Waals surface area contributed by atoms with Crippen molar-refractivity contribution in [2.24, 2.45) is 0 Å². The van der Waals surface area contributed by atoms with Crippen LogP contribution in [0.4, 0.5) is 22.7 Å². The van der Waals surface area contributed by atoms with Crippen LogP contribution in [0.3, 0.4) is 0 Å². The summed E-state index contributed by atoms with van der Waals surface area (Å²) in [6.45, 7) is 29.5. The van der Waals surface area contributed by atoms with Crippen LogP contribution in [0.1, 0.15) is 128 Å². The van der Waals surface area contributed by atoms with Gasteiger partial charge in [-0.05, 0) is 104 Å². The van der Waals surface area contributed by atoms with E-state index in [9.17, 15) is 0 Å². The van der Waals surface area contributed by atoms with Crippen LogP contribution >= 0.6 is 0 Å². The van der Waals surface area contributed by atoms with Gasteiger partial charge in [0, 0.05) is 45.7 Å². The fraction of sp³-hybridized carbons (Fsp3) is 0.258. The predicted molar refractivity (Wildman–Crippen MR) is 300 cm³/mol. The van der Waals surface area contributed by atoms with Crippen LogP contribution in [0.5, 0.6) is 11.5 Å². The van der Waals surface area contributed by atoms with Crippen LogP contribution in [0.25, 0.3) is 38.8 Å². The summed E-state index contributed by atoms with van der Waals surface area (Å²) in [6.07, 6.45) is 1.93. The average Bonchev–Trinajstić information content (AvgIpc) is 3.89. The van der Waals surface area contributed by atoms with Gasteiger partial charge in [0.15, 0.2) is 0 Å². The first-order valence-electron chi connectivity index (χ1n) is 24.9. The molecule has 0 spiro atoms. The van der Waals surface area contributed by atoms with Gasteiger partial charge in [0.05, 0.1) is 0 Å². The third kappa shape index (κ3) is 9.54. The van der Waals surface area contributed by atoms with E-state index in [1.807, 2.05) is 6.20 Å². The van der Waals surface area contributed by atoms with E-state index in [0.717, 1.165) is 55.9 Å². The van der Waals surface area contributed by atoms with Crippen molar-refractivity contribution in [2.45, 2.75) is 111 Å². The summed E-state index contributed by atoms with van der Waals surface area (Å²) in [5, 5.41) is 2.32. The van der Waals surface area contributed by atoms with Crippen molar-refractivity contribution < 1.29 is 25.8 Å². The summed E-state index contributed by atoms with van der Waals surface area (Å²) in [6, 6.07) is 62.5. The zero-order valence-electron chi connectivity index (χ0n) is 44.3. The summed E-state index contributed by atoms with van der Waals surface area (Å²) in [5.74, 6) is 2.69. The van der Waals surface area contributed by atoms with E-state index in [0.29, 0.717) is 23.3 Å². The largest absolute Gasteiger partial charge is 4.00 e. The summed E-state index contributed by atoms with van der Waals surface area (Å²) in [4.78, 5) is 9.58. The molecule has 72 heavy (non-hydrogen) atoms. The zero-order valence-corrected chi connectivity index (χ0v) is 46.5. The monoisotopic (exact) mass is 1130 g/mol. The Kier molecular flexibility index (Phi) is 14.3. The van der Waals surface area contributed by atoms with E-state index in [1.165, 1.54) is 38.9 Å². The van der Waals surface area contributed by atoms with Crippen molar-refractivity contribution >= 4 is 44.6 Å². The molecule has 7 aromatic carbocycles. The molecule has 10 rings (SSSR count). The van der Waals surface area contributed by atoms with Gasteiger partial charge in [-0.1, -0.05) is 185 Å². The van der Waals surface area contributed by atoms with Gasteiger partial charge in [0.25, 0.3) is 0 Å². The molecule has 2 aromatic heterocycles. The van der Waals surface area contributed by atoms with Gasteiger partial charge in [-0.25, -0.2) is 4.98 Å². The molecule has 6 heteroatoms. The molecule has 0 unspecified atom stereocenters. The fourth-order valence-corrected chi connectivity index (χ4v) is 10.3. The molecule has 9 aromatic rings. The number of benzene rings is 7. The molecule has 0 amide bonds. The van der Waals surface area contributed by atoms with Crippen molar-refractivity contribution in [3.8, 4) is 28.4 Å². The number of aromatic nitrogens is 2. The van der Waals surface area contributed by atoms with Crippen molar-refractivity contribution in [1.29, 1.82) is 0 Å². The van der Waals surface area contributed by atoms with Gasteiger partial charge < -0.3 is 26.5 Å². The first-order chi connectivity index (χ1) is 33.4. The molecule has 0 bridgehead atoms. The molecule has 5 nitrogen and oxygen atoms in total. The molecular weight excluding hydrogens is 1060 g/mol. The average molecular weight is 1130 g/mol. The van der Waals surface area contributed by atoms with Crippen molar-refractivity contribution in [3.05, 3.63) is 217 Å². The van der Waals surface area contributed by atoms with Crippen molar-refractivity contribution in [1.82, 2.24) is 9.55 Å². The minimum absolute atomic E-state index is 0. The van der Waals surface area contributed by atoms with E-state index in [4.69, 9.17) is 9.72 Å². The Hall–Kier alpha value is -6.42. The molecule has 0 saturated carbocycles. The summed E-state index contributed by atoms with van der Waals surface area (Å²) >= 11 is 0. The maximum atomic E-state index is 7.25. The summed E-state index contributed by atoms with van der Waals surface area (Å²) in [7, 11) is 0. The van der Waals surface area contributed by atoms with Crippen LogP contribution in [-0.2, 0) is 37.3 Å². The van der Waals surface area contributed by atoms with Gasteiger partial charge in [-0.2, -0.15) is 0 Å². The fourth-order valence-electron chi connectivity index (χ4n) is 10.3. The Bertz CT molecular complexity index is 3380. The predicted octanol–water partition coefficient (Wildman–Crippen LogP) is 18.3. The van der Waals surface area contributed by atoms with Crippen LogP contribution in [-0.4, -0.2) is 9.55 Å². The Balaban J connectivity index is 0.00000347. The van der Waals surface area contributed by atoms with Crippen LogP contribution < -0.4 is 14.5 Å². The third-order valence-electron chi connectivity index (χ3n) is 14.3. The van der Waals surface area contributed by atoms with E-state index in [-0.39, 0.29) is 44.7 Å². The second-order valence-electron chi connectivity index (χ2n) is 22.3. The van der Waals surface area contributed by atoms with Crippen LogP contribution in [0, 0.1) is 26.2 Å². The van der Waals surface area contributed by atoms with E-state index in [1.54, 1.807) is 0 Å². The number of fused-ring (bicyclic) bond motifs is 4. The van der Waals surface area contributed by atoms with Gasteiger partial charge >= 0.3 is 21.1 Å². The number of nitrogens with zero attached hydrogens (tertiary/aromatic N) is 4. The number of pyridine rings is 1. The molecule has 0 saturated heterocycles. The van der Waals surface area contributed by atoms with E-state index >= 15 is 0 Å². The maximum Gasteiger partial charge on any atom is 4.00 e. The molecule has 1 aliphatic rings. The molecule has 1 aliphatic heterocycles. The molecular formula is C66H68N4OPt. The molecule has 0 radical (unpaired) electrons. The standard InChI is InChI=1S/C65H65N4O.CH3.Pt/c1-42(2)52-27-21-28-53(43(3)4)61(52)44-34-49(68-41-67(57-30-18-19-31-58(57)68)48-25-20-24-47(36-48)65(11,12)45-22-14-13-15-23-45)38-50(35-44)70-51-39-55(64(8,9)10)62-54-26-16-17-29-56(54)69(59(62)40-51)60-37-46(32-33-66-60)63(5,6)7;;/h13-37,39,41-43H,1-12H3;1H3;/q-3;-1;+4. The Morgan fingerprint density at radius 3 is 1.85 bits per heavy atom. The van der Waals surface area contributed by atoms with Gasteiger partial charge in [-0.3, -0.25) is 0 Å². The Morgan fingerprint density at radius 2 is 1.18 bits per heavy atom. The third-order valence-corrected chi connectivity index (χ3v) is 14.3. The SMILES string of the molecule is CC(C)c1cccc(C(C)C)c1-c1cc(Oc2[c-]c3c(c(C(C)(C)C)c2)c2ccccc2n3-c2cc(C(C)(C)C)ccn2)[c-]c(N2[CH-]N(c3cccc(C(C)(C)c4ccccc4)c3)c3ccccc32)c1.[CH3-].[Pt+4]. The van der Waals surface area contributed by atoms with Gasteiger partial charge in [0.1, 0.15) is 5.82 Å². The summed E-state index contributed by atoms with van der Waals surface area (Å²) < 4.78 is 9.51. The number of hydrogen-bond donors (Lipinski definition) is 0. The van der Waals surface area contributed by atoms with Crippen molar-refractivity contribution in [2.75, 3.05) is 9.80 Å². The van der Waals surface area contributed by atoms with E-state index in [2.05, 4.69) is 268 Å². The number of ether oxygens (including phenoxy) is 1. The van der Waals surface area contributed by atoms with E-state index < -0.39 is 0 Å². The first-order valence-corrected chi connectivity index (χ1v) is 24.9. The minimum Gasteiger partial charge on any atom is -0.509 e. The number of para-hydroxylation sites is 3. The Morgan fingerprint density at radius 1 is 0.569 bits per heavy atom. The topological polar surface area (TPSA) is 33.5 Å². The number of anilines is 4. The summed E-state index contributed by atoms with van der Waals surface area (Å²) in [5.41, 5.74) is 15.5. The van der Waals surface area contributed by atoms with Crippen LogP contribution in [0.2, 0.25) is 0 Å². The first kappa shape index (κ1) is 51.9. The maximum absolute atomic E-state index is 7.25. The Labute approximate surface area is 444 Å². The minimum atomic E-state index is -0.231. The molecule has 368 valence electrons. The normalized spacial score (nSPS) is 12.9. The molecule has 3 heterocycles. The van der Waals surface area contributed by atoms with Gasteiger partial charge in [0.2, 0.25) is 0 Å². The molecule has 0 N–H and O–H groups in total. The number of rotatable bonds is 10. The van der Waals surface area contributed by atoms with Crippen molar-refractivity contribution in [3.63, 3.8) is 0 Å². The second-order valence-corrected chi connectivity index (χ2v) is 22.3. The zero-order chi connectivity index (χ0) is 49.3.